The molecular formula is C16H16ClNOS2. The number of carbonyl (C=O) groups excluding carboxylic acids is 1. The van der Waals surface area contributed by atoms with Gasteiger partial charge in [-0.15, -0.1) is 11.3 Å². The van der Waals surface area contributed by atoms with Crippen LogP contribution in [0.2, 0.25) is 5.02 Å². The Morgan fingerprint density at radius 1 is 1.19 bits per heavy atom. The van der Waals surface area contributed by atoms with Crippen molar-refractivity contribution in [2.45, 2.75) is 11.7 Å². The summed E-state index contributed by atoms with van der Waals surface area (Å²) < 4.78 is 0. The van der Waals surface area contributed by atoms with Gasteiger partial charge in [-0.1, -0.05) is 29.8 Å². The van der Waals surface area contributed by atoms with Crippen LogP contribution in [0.25, 0.3) is 0 Å². The minimum Gasteiger partial charge on any atom is -0.338 e. The molecular weight excluding hydrogens is 322 g/mol. The predicted octanol–water partition coefficient (Wildman–Crippen LogP) is 4.72. The fraction of sp³-hybridized carbons (Fsp3) is 0.312. The average molecular weight is 338 g/mol. The predicted molar refractivity (Wildman–Crippen MR) is 91.5 cm³/mol. The Morgan fingerprint density at radius 3 is 2.81 bits per heavy atom. The molecule has 21 heavy (non-hydrogen) atoms. The van der Waals surface area contributed by atoms with Crippen LogP contribution in [-0.4, -0.2) is 29.6 Å². The van der Waals surface area contributed by atoms with Gasteiger partial charge in [0.25, 0.3) is 5.91 Å². The maximum Gasteiger partial charge on any atom is 0.255 e. The second kappa shape index (κ2) is 6.86. The third-order valence-electron chi connectivity index (χ3n) is 3.59. The number of hydrogen-bond donors (Lipinski definition) is 0. The van der Waals surface area contributed by atoms with E-state index in [0.29, 0.717) is 15.8 Å². The van der Waals surface area contributed by atoms with Gasteiger partial charge in [-0.05, 0) is 30.0 Å². The van der Waals surface area contributed by atoms with Crippen LogP contribution in [0.1, 0.15) is 26.9 Å². The summed E-state index contributed by atoms with van der Waals surface area (Å²) >= 11 is 9.89. The molecule has 0 radical (unpaired) electrons. The summed E-state index contributed by atoms with van der Waals surface area (Å²) in [4.78, 5) is 15.9. The van der Waals surface area contributed by atoms with E-state index in [2.05, 4.69) is 17.5 Å². The molecule has 0 bridgehead atoms. The molecule has 1 atom stereocenters. The fourth-order valence-corrected chi connectivity index (χ4v) is 4.93. The highest BCUT2D eigenvalue weighted by Crippen LogP contribution is 2.37. The second-order valence-electron chi connectivity index (χ2n) is 4.94. The number of nitrogens with zero attached hydrogens (tertiary/aromatic N) is 1. The minimum atomic E-state index is 0.0491. The molecule has 1 aliphatic rings. The molecule has 5 heteroatoms. The van der Waals surface area contributed by atoms with E-state index in [1.165, 1.54) is 4.88 Å². The van der Waals surface area contributed by atoms with E-state index in [-0.39, 0.29) is 5.91 Å². The Kier molecular flexibility index (Phi) is 4.88. The van der Waals surface area contributed by atoms with Gasteiger partial charge < -0.3 is 4.90 Å². The van der Waals surface area contributed by atoms with Crippen LogP contribution in [0.5, 0.6) is 0 Å². The number of carbonyl (C=O) groups is 1. The van der Waals surface area contributed by atoms with Crippen LogP contribution in [0.3, 0.4) is 0 Å². The van der Waals surface area contributed by atoms with E-state index in [1.54, 1.807) is 23.5 Å². The monoisotopic (exact) mass is 337 g/mol. The number of rotatable bonds is 2. The largest absolute Gasteiger partial charge is 0.338 e. The van der Waals surface area contributed by atoms with Crippen molar-refractivity contribution in [2.24, 2.45) is 0 Å². The summed E-state index contributed by atoms with van der Waals surface area (Å²) in [6, 6.07) is 11.6. The minimum absolute atomic E-state index is 0.0491. The lowest BCUT2D eigenvalue weighted by atomic mass is 10.2. The van der Waals surface area contributed by atoms with Gasteiger partial charge >= 0.3 is 0 Å². The first kappa shape index (κ1) is 14.9. The van der Waals surface area contributed by atoms with Crippen LogP contribution < -0.4 is 0 Å². The van der Waals surface area contributed by atoms with Gasteiger partial charge in [0.15, 0.2) is 0 Å². The molecule has 1 amide bonds. The summed E-state index contributed by atoms with van der Waals surface area (Å²) in [5.41, 5.74) is 0.610. The first-order chi connectivity index (χ1) is 10.3. The van der Waals surface area contributed by atoms with Crippen molar-refractivity contribution in [3.63, 3.8) is 0 Å². The zero-order valence-electron chi connectivity index (χ0n) is 11.5. The van der Waals surface area contributed by atoms with Gasteiger partial charge in [0, 0.05) is 29.0 Å². The SMILES string of the molecule is O=C(c1ccccc1Cl)N1CCS[C@H](c2cccs2)CC1. The van der Waals surface area contributed by atoms with Crippen molar-refractivity contribution in [3.05, 3.63) is 57.2 Å². The third-order valence-corrected chi connectivity index (χ3v) is 6.37. The first-order valence-corrected chi connectivity index (χ1v) is 9.25. The molecule has 2 aromatic rings. The van der Waals surface area contributed by atoms with Crippen LogP contribution >= 0.6 is 34.7 Å². The molecule has 0 aliphatic carbocycles. The molecule has 0 spiro atoms. The quantitative estimate of drug-likeness (QED) is 0.790. The van der Waals surface area contributed by atoms with Gasteiger partial charge in [0.2, 0.25) is 0 Å². The summed E-state index contributed by atoms with van der Waals surface area (Å²) in [7, 11) is 0. The van der Waals surface area contributed by atoms with Gasteiger partial charge in [-0.25, -0.2) is 0 Å². The molecule has 1 aromatic carbocycles. The first-order valence-electron chi connectivity index (χ1n) is 6.94. The number of hydrogen-bond acceptors (Lipinski definition) is 3. The number of amides is 1. The summed E-state index contributed by atoms with van der Waals surface area (Å²) in [6.07, 6.45) is 1.00. The van der Waals surface area contributed by atoms with Gasteiger partial charge in [-0.3, -0.25) is 4.79 Å². The standard InChI is InChI=1S/C16H16ClNOS2/c17-13-5-2-1-4-12(13)16(19)18-8-7-15(21-11-9-18)14-6-3-10-20-14/h1-6,10,15H,7-9,11H2/t15-/m0/s1. The molecule has 0 unspecified atom stereocenters. The number of thiophene rings is 1. The van der Waals surface area contributed by atoms with Crippen molar-refractivity contribution < 1.29 is 4.79 Å². The van der Waals surface area contributed by atoms with Gasteiger partial charge in [-0.2, -0.15) is 11.8 Å². The lowest BCUT2D eigenvalue weighted by Crippen LogP contribution is -2.33. The highest BCUT2D eigenvalue weighted by atomic mass is 35.5. The van der Waals surface area contributed by atoms with E-state index in [9.17, 15) is 4.79 Å². The Hall–Kier alpha value is -0.970. The number of thioether (sulfide) groups is 1. The van der Waals surface area contributed by atoms with Gasteiger partial charge in [0.1, 0.15) is 0 Å². The van der Waals surface area contributed by atoms with E-state index < -0.39 is 0 Å². The van der Waals surface area contributed by atoms with E-state index >= 15 is 0 Å². The topological polar surface area (TPSA) is 20.3 Å². The molecule has 0 saturated carbocycles. The molecule has 0 N–H and O–H groups in total. The van der Waals surface area contributed by atoms with Crippen LogP contribution in [-0.2, 0) is 0 Å². The highest BCUT2D eigenvalue weighted by molar-refractivity contribution is 7.99. The number of halogens is 1. The van der Waals surface area contributed by atoms with E-state index in [1.807, 2.05) is 28.8 Å². The lowest BCUT2D eigenvalue weighted by Gasteiger charge is -2.20. The Bertz CT molecular complexity index is 614. The molecule has 1 aliphatic heterocycles. The maximum atomic E-state index is 12.6. The van der Waals surface area contributed by atoms with E-state index in [4.69, 9.17) is 11.6 Å². The van der Waals surface area contributed by atoms with Crippen molar-refractivity contribution in [2.75, 3.05) is 18.8 Å². The molecule has 3 rings (SSSR count). The zero-order valence-corrected chi connectivity index (χ0v) is 13.9. The molecule has 1 fully saturated rings. The third kappa shape index (κ3) is 3.44. The molecule has 1 saturated heterocycles. The zero-order chi connectivity index (χ0) is 14.7. The van der Waals surface area contributed by atoms with Crippen LogP contribution in [0.15, 0.2) is 41.8 Å². The summed E-state index contributed by atoms with van der Waals surface area (Å²) in [5, 5.41) is 3.16. The van der Waals surface area contributed by atoms with E-state index in [0.717, 1.165) is 25.3 Å². The Labute approximate surface area is 138 Å². The van der Waals surface area contributed by atoms with Crippen LogP contribution in [0.4, 0.5) is 0 Å². The fourth-order valence-electron chi connectivity index (χ4n) is 2.48. The van der Waals surface area contributed by atoms with Gasteiger partial charge in [0.05, 0.1) is 10.6 Å². The molecule has 1 aromatic heterocycles. The van der Waals surface area contributed by atoms with Crippen molar-refractivity contribution in [3.8, 4) is 0 Å². The van der Waals surface area contributed by atoms with Crippen LogP contribution in [0, 0.1) is 0 Å². The normalized spacial score (nSPS) is 19.3. The maximum absolute atomic E-state index is 12.6. The highest BCUT2D eigenvalue weighted by Gasteiger charge is 2.24. The average Bonchev–Trinajstić information content (AvgIpc) is 2.92. The second-order valence-corrected chi connectivity index (χ2v) is 7.63. The Morgan fingerprint density at radius 2 is 2.05 bits per heavy atom. The van der Waals surface area contributed by atoms with Crippen molar-refractivity contribution in [1.29, 1.82) is 0 Å². The summed E-state index contributed by atoms with van der Waals surface area (Å²) in [5.74, 6) is 1.02. The molecule has 2 heterocycles. The Balaban J connectivity index is 1.70. The summed E-state index contributed by atoms with van der Waals surface area (Å²) in [6.45, 7) is 1.58. The lowest BCUT2D eigenvalue weighted by molar-refractivity contribution is 0.0767. The van der Waals surface area contributed by atoms with Crippen molar-refractivity contribution >= 4 is 40.6 Å². The molecule has 2 nitrogen and oxygen atoms in total. The number of benzene rings is 1. The van der Waals surface area contributed by atoms with Crippen molar-refractivity contribution in [1.82, 2.24) is 4.90 Å². The smallest absolute Gasteiger partial charge is 0.255 e. The molecule has 110 valence electrons.